The van der Waals surface area contributed by atoms with Crippen LogP contribution in [0.3, 0.4) is 0 Å². The molecule has 0 radical (unpaired) electrons. The first kappa shape index (κ1) is 14.5. The van der Waals surface area contributed by atoms with Gasteiger partial charge in [-0.3, -0.25) is 4.79 Å². The van der Waals surface area contributed by atoms with Crippen molar-refractivity contribution in [3.05, 3.63) is 47.4 Å². The second-order valence-electron chi connectivity index (χ2n) is 5.42. The van der Waals surface area contributed by atoms with Crippen LogP contribution in [0.4, 0.5) is 0 Å². The Balaban J connectivity index is 1.62. The van der Waals surface area contributed by atoms with E-state index in [2.05, 4.69) is 5.32 Å². The van der Waals surface area contributed by atoms with Gasteiger partial charge >= 0.3 is 0 Å². The maximum absolute atomic E-state index is 12.3. The monoisotopic (exact) mass is 301 g/mol. The number of benzene rings is 1. The van der Waals surface area contributed by atoms with Crippen LogP contribution in [0.5, 0.6) is 11.5 Å². The Kier molecular flexibility index (Phi) is 4.04. The van der Waals surface area contributed by atoms with Gasteiger partial charge in [-0.1, -0.05) is 0 Å². The molecule has 2 heterocycles. The largest absolute Gasteiger partial charge is 0.497 e. The van der Waals surface area contributed by atoms with Crippen LogP contribution in [0.1, 0.15) is 17.1 Å². The first-order valence-corrected chi connectivity index (χ1v) is 7.28. The zero-order chi connectivity index (χ0) is 15.5. The molecule has 1 aliphatic heterocycles. The maximum atomic E-state index is 12.3. The molecule has 2 aromatic rings. The first-order valence-electron chi connectivity index (χ1n) is 7.28. The Morgan fingerprint density at radius 3 is 2.95 bits per heavy atom. The zero-order valence-electron chi connectivity index (χ0n) is 12.7. The molecule has 0 saturated heterocycles. The molecule has 0 spiro atoms. The van der Waals surface area contributed by atoms with E-state index in [1.165, 1.54) is 0 Å². The number of fused-ring (bicyclic) bond motifs is 1. The SMILES string of the molecule is COc1ccc2c(c1)CC(C(=O)NCc1ccc(C)o1)CO2. The van der Waals surface area contributed by atoms with Gasteiger partial charge in [0.15, 0.2) is 0 Å². The molecule has 1 aromatic heterocycles. The minimum Gasteiger partial charge on any atom is -0.497 e. The van der Waals surface area contributed by atoms with Gasteiger partial charge in [0, 0.05) is 0 Å². The van der Waals surface area contributed by atoms with Crippen LogP contribution < -0.4 is 14.8 Å². The first-order chi connectivity index (χ1) is 10.7. The van der Waals surface area contributed by atoms with Crippen molar-refractivity contribution in [2.45, 2.75) is 19.9 Å². The summed E-state index contributed by atoms with van der Waals surface area (Å²) in [7, 11) is 1.63. The molecule has 5 heteroatoms. The van der Waals surface area contributed by atoms with Crippen molar-refractivity contribution < 1.29 is 18.7 Å². The number of hydrogen-bond acceptors (Lipinski definition) is 4. The van der Waals surface area contributed by atoms with Gasteiger partial charge in [-0.05, 0) is 49.2 Å². The van der Waals surface area contributed by atoms with Crippen LogP contribution in [-0.4, -0.2) is 19.6 Å². The molecule has 0 saturated carbocycles. The van der Waals surface area contributed by atoms with Crippen LogP contribution in [0.15, 0.2) is 34.7 Å². The van der Waals surface area contributed by atoms with Crippen LogP contribution >= 0.6 is 0 Å². The molecule has 1 amide bonds. The highest BCUT2D eigenvalue weighted by molar-refractivity contribution is 5.79. The predicted octanol–water partition coefficient (Wildman–Crippen LogP) is 2.46. The van der Waals surface area contributed by atoms with Crippen LogP contribution in [0, 0.1) is 12.8 Å². The lowest BCUT2D eigenvalue weighted by Crippen LogP contribution is -2.36. The number of rotatable bonds is 4. The van der Waals surface area contributed by atoms with Gasteiger partial charge in [-0.25, -0.2) is 0 Å². The second kappa shape index (κ2) is 6.13. The lowest BCUT2D eigenvalue weighted by atomic mass is 9.96. The fourth-order valence-electron chi connectivity index (χ4n) is 2.56. The summed E-state index contributed by atoms with van der Waals surface area (Å²) < 4.78 is 16.3. The lowest BCUT2D eigenvalue weighted by Gasteiger charge is -2.24. The molecule has 3 rings (SSSR count). The molecule has 0 bridgehead atoms. The molecule has 0 aliphatic carbocycles. The molecule has 1 unspecified atom stereocenters. The average molecular weight is 301 g/mol. The van der Waals surface area contributed by atoms with Crippen molar-refractivity contribution in [1.29, 1.82) is 0 Å². The highest BCUT2D eigenvalue weighted by Crippen LogP contribution is 2.30. The molecule has 1 atom stereocenters. The number of aryl methyl sites for hydroxylation is 1. The van der Waals surface area contributed by atoms with Gasteiger partial charge in [-0.2, -0.15) is 0 Å². The third-order valence-electron chi connectivity index (χ3n) is 3.78. The van der Waals surface area contributed by atoms with Crippen LogP contribution in [-0.2, 0) is 17.8 Å². The zero-order valence-corrected chi connectivity index (χ0v) is 12.7. The summed E-state index contributed by atoms with van der Waals surface area (Å²) in [6.07, 6.45) is 0.648. The maximum Gasteiger partial charge on any atom is 0.227 e. The summed E-state index contributed by atoms with van der Waals surface area (Å²) >= 11 is 0. The molecule has 22 heavy (non-hydrogen) atoms. The molecular formula is C17H19NO4. The number of carbonyl (C=O) groups is 1. The third-order valence-corrected chi connectivity index (χ3v) is 3.78. The Morgan fingerprint density at radius 2 is 2.23 bits per heavy atom. The third kappa shape index (κ3) is 3.08. The van der Waals surface area contributed by atoms with E-state index < -0.39 is 0 Å². The Bertz CT molecular complexity index is 677. The summed E-state index contributed by atoms with van der Waals surface area (Å²) in [6, 6.07) is 9.41. The fraction of sp³-hybridized carbons (Fsp3) is 0.353. The second-order valence-corrected chi connectivity index (χ2v) is 5.42. The number of nitrogens with one attached hydrogen (secondary N) is 1. The van der Waals surface area contributed by atoms with Crippen LogP contribution in [0.25, 0.3) is 0 Å². The standard InChI is InChI=1S/C17H19NO4/c1-11-3-4-15(22-11)9-18-17(19)13-7-12-8-14(20-2)5-6-16(12)21-10-13/h3-6,8,13H,7,9-10H2,1-2H3,(H,18,19). The molecule has 5 nitrogen and oxygen atoms in total. The Morgan fingerprint density at radius 1 is 1.36 bits per heavy atom. The number of carbonyl (C=O) groups excluding carboxylic acids is 1. The van der Waals surface area contributed by atoms with E-state index >= 15 is 0 Å². The molecule has 116 valence electrons. The van der Waals surface area contributed by atoms with Crippen molar-refractivity contribution in [2.24, 2.45) is 5.92 Å². The molecule has 1 N–H and O–H groups in total. The van der Waals surface area contributed by atoms with E-state index in [0.717, 1.165) is 28.6 Å². The van der Waals surface area contributed by atoms with Gasteiger partial charge in [0.05, 0.1) is 19.6 Å². The van der Waals surface area contributed by atoms with Gasteiger partial charge in [-0.15, -0.1) is 0 Å². The molecule has 0 fully saturated rings. The molecule has 1 aliphatic rings. The summed E-state index contributed by atoms with van der Waals surface area (Å²) in [5.41, 5.74) is 1.000. The van der Waals surface area contributed by atoms with E-state index in [-0.39, 0.29) is 11.8 Å². The predicted molar refractivity (Wildman–Crippen MR) is 81.0 cm³/mol. The molecular weight excluding hydrogens is 282 g/mol. The minimum absolute atomic E-state index is 0.0254. The summed E-state index contributed by atoms with van der Waals surface area (Å²) in [4.78, 5) is 12.3. The number of furan rings is 1. The lowest BCUT2D eigenvalue weighted by molar-refractivity contribution is -0.126. The van der Waals surface area contributed by atoms with E-state index in [1.54, 1.807) is 7.11 Å². The highest BCUT2D eigenvalue weighted by atomic mass is 16.5. The van der Waals surface area contributed by atoms with E-state index in [0.29, 0.717) is 19.6 Å². The summed E-state index contributed by atoms with van der Waals surface area (Å²) in [5, 5.41) is 2.90. The number of methoxy groups -OCH3 is 1. The smallest absolute Gasteiger partial charge is 0.227 e. The number of ether oxygens (including phenoxy) is 2. The Hall–Kier alpha value is -2.43. The number of hydrogen-bond donors (Lipinski definition) is 1. The van der Waals surface area contributed by atoms with E-state index in [1.807, 2.05) is 37.3 Å². The van der Waals surface area contributed by atoms with Gasteiger partial charge in [0.2, 0.25) is 5.91 Å². The minimum atomic E-state index is -0.198. The topological polar surface area (TPSA) is 60.7 Å². The van der Waals surface area contributed by atoms with E-state index in [4.69, 9.17) is 13.9 Å². The summed E-state index contributed by atoms with van der Waals surface area (Å²) in [5.74, 6) is 2.97. The normalized spacial score (nSPS) is 16.5. The summed E-state index contributed by atoms with van der Waals surface area (Å²) in [6.45, 7) is 2.67. The number of amides is 1. The average Bonchev–Trinajstić information content (AvgIpc) is 2.97. The highest BCUT2D eigenvalue weighted by Gasteiger charge is 2.26. The fourth-order valence-corrected chi connectivity index (χ4v) is 2.56. The van der Waals surface area contributed by atoms with E-state index in [9.17, 15) is 4.79 Å². The van der Waals surface area contributed by atoms with Gasteiger partial charge in [0.1, 0.15) is 29.6 Å². The Labute approximate surface area is 129 Å². The van der Waals surface area contributed by atoms with Crippen molar-refractivity contribution >= 4 is 5.91 Å². The van der Waals surface area contributed by atoms with Crippen molar-refractivity contribution in [2.75, 3.05) is 13.7 Å². The van der Waals surface area contributed by atoms with Crippen LogP contribution in [0.2, 0.25) is 0 Å². The molecule has 1 aromatic carbocycles. The quantitative estimate of drug-likeness (QED) is 0.942. The van der Waals surface area contributed by atoms with Crippen molar-refractivity contribution in [1.82, 2.24) is 5.32 Å². The van der Waals surface area contributed by atoms with Crippen molar-refractivity contribution in [3.8, 4) is 11.5 Å². The van der Waals surface area contributed by atoms with Gasteiger partial charge < -0.3 is 19.2 Å². The van der Waals surface area contributed by atoms with Crippen molar-refractivity contribution in [3.63, 3.8) is 0 Å². The van der Waals surface area contributed by atoms with Gasteiger partial charge in [0.25, 0.3) is 0 Å².